The van der Waals surface area contributed by atoms with Crippen molar-refractivity contribution in [1.29, 1.82) is 0 Å². The lowest BCUT2D eigenvalue weighted by Crippen LogP contribution is -2.30. The summed E-state index contributed by atoms with van der Waals surface area (Å²) in [5, 5.41) is 0. The minimum Gasteiger partial charge on any atom is -0.460 e. The fourth-order valence-electron chi connectivity index (χ4n) is 0.610. The summed E-state index contributed by atoms with van der Waals surface area (Å²) in [5.74, 6) is -4.22. The van der Waals surface area contributed by atoms with Gasteiger partial charge in [-0.1, -0.05) is 0 Å². The number of hydrogen-bond donors (Lipinski definition) is 0. The van der Waals surface area contributed by atoms with Crippen molar-refractivity contribution >= 4 is 23.8 Å². The van der Waals surface area contributed by atoms with E-state index in [1.54, 1.807) is 0 Å². The number of carbonyl (C=O) groups is 4. The third kappa shape index (κ3) is 3.14. The van der Waals surface area contributed by atoms with Crippen LogP contribution in [0.4, 0.5) is 0 Å². The van der Waals surface area contributed by atoms with Gasteiger partial charge in [-0.2, -0.15) is 0 Å². The van der Waals surface area contributed by atoms with Crippen LogP contribution in [0.25, 0.3) is 0 Å². The van der Waals surface area contributed by atoms with E-state index in [1.807, 2.05) is 0 Å². The summed E-state index contributed by atoms with van der Waals surface area (Å²) in [7, 11) is 0. The van der Waals surface area contributed by atoms with Gasteiger partial charge in [-0.25, -0.2) is 4.79 Å². The lowest BCUT2D eigenvalue weighted by molar-refractivity contribution is -0.156. The van der Waals surface area contributed by atoms with Crippen LogP contribution < -0.4 is 0 Å². The van der Waals surface area contributed by atoms with Gasteiger partial charge >= 0.3 is 5.97 Å². The molecule has 0 fully saturated rings. The SMILES string of the molecule is CCOC(=O)C(=O)C(C)C(=O)C=O. The Morgan fingerprint density at radius 1 is 1.38 bits per heavy atom. The maximum Gasteiger partial charge on any atom is 0.375 e. The maximum absolute atomic E-state index is 11.0. The van der Waals surface area contributed by atoms with Crippen molar-refractivity contribution in [2.75, 3.05) is 6.61 Å². The molecule has 0 heterocycles. The minimum atomic E-state index is -1.24. The molecule has 5 heteroatoms. The summed E-state index contributed by atoms with van der Waals surface area (Å²) < 4.78 is 4.36. The number of Topliss-reactive ketones (excluding diaryl/α,β-unsaturated/α-hetero) is 2. The summed E-state index contributed by atoms with van der Waals surface area (Å²) in [6.07, 6.45) is 0.0157. The smallest absolute Gasteiger partial charge is 0.375 e. The zero-order chi connectivity index (χ0) is 10.4. The largest absolute Gasteiger partial charge is 0.460 e. The molecule has 0 spiro atoms. The van der Waals surface area contributed by atoms with E-state index >= 15 is 0 Å². The number of rotatable bonds is 5. The van der Waals surface area contributed by atoms with Gasteiger partial charge < -0.3 is 4.74 Å². The number of aldehydes is 1. The molecule has 0 aliphatic carbocycles. The van der Waals surface area contributed by atoms with Crippen molar-refractivity contribution in [3.8, 4) is 0 Å². The Morgan fingerprint density at radius 3 is 2.31 bits per heavy atom. The molecule has 5 nitrogen and oxygen atoms in total. The van der Waals surface area contributed by atoms with E-state index in [4.69, 9.17) is 0 Å². The fourth-order valence-corrected chi connectivity index (χ4v) is 0.610. The van der Waals surface area contributed by atoms with E-state index in [0.717, 1.165) is 0 Å². The second kappa shape index (κ2) is 5.18. The molecule has 0 saturated carbocycles. The maximum atomic E-state index is 11.0. The molecule has 0 aliphatic heterocycles. The van der Waals surface area contributed by atoms with Crippen molar-refractivity contribution in [2.45, 2.75) is 13.8 Å². The van der Waals surface area contributed by atoms with Crippen LogP contribution in [0, 0.1) is 5.92 Å². The third-order valence-corrected chi connectivity index (χ3v) is 1.41. The van der Waals surface area contributed by atoms with Crippen molar-refractivity contribution in [3.05, 3.63) is 0 Å². The number of ether oxygens (including phenoxy) is 1. The van der Waals surface area contributed by atoms with Gasteiger partial charge in [0.25, 0.3) is 5.78 Å². The molecule has 72 valence electrons. The summed E-state index contributed by atoms with van der Waals surface area (Å²) in [4.78, 5) is 42.4. The van der Waals surface area contributed by atoms with Gasteiger partial charge in [0.1, 0.15) is 0 Å². The summed E-state index contributed by atoms with van der Waals surface area (Å²) in [5.41, 5.74) is 0. The molecule has 0 bridgehead atoms. The molecule has 0 saturated heterocycles. The van der Waals surface area contributed by atoms with Crippen LogP contribution in [0.3, 0.4) is 0 Å². The molecule has 0 amide bonds. The number of carbonyl (C=O) groups excluding carboxylic acids is 4. The van der Waals surface area contributed by atoms with E-state index in [1.165, 1.54) is 13.8 Å². The van der Waals surface area contributed by atoms with Gasteiger partial charge in [0, 0.05) is 0 Å². The number of esters is 1. The second-order valence-corrected chi connectivity index (χ2v) is 2.33. The van der Waals surface area contributed by atoms with Crippen LogP contribution in [0.5, 0.6) is 0 Å². The third-order valence-electron chi connectivity index (χ3n) is 1.41. The first-order valence-electron chi connectivity index (χ1n) is 3.74. The monoisotopic (exact) mass is 186 g/mol. The Labute approximate surface area is 75.1 Å². The highest BCUT2D eigenvalue weighted by Gasteiger charge is 2.27. The van der Waals surface area contributed by atoms with Crippen LogP contribution >= 0.6 is 0 Å². The summed E-state index contributed by atoms with van der Waals surface area (Å²) in [6, 6.07) is 0. The molecule has 1 unspecified atom stereocenters. The van der Waals surface area contributed by atoms with Crippen LogP contribution in [-0.2, 0) is 23.9 Å². The quantitative estimate of drug-likeness (QED) is 0.251. The Kier molecular flexibility index (Phi) is 4.58. The van der Waals surface area contributed by atoms with Gasteiger partial charge in [0.2, 0.25) is 5.78 Å². The average molecular weight is 186 g/mol. The molecule has 0 rings (SSSR count). The fraction of sp³-hybridized carbons (Fsp3) is 0.500. The Balaban J connectivity index is 4.33. The van der Waals surface area contributed by atoms with Crippen molar-refractivity contribution in [1.82, 2.24) is 0 Å². The van der Waals surface area contributed by atoms with E-state index < -0.39 is 23.5 Å². The van der Waals surface area contributed by atoms with Gasteiger partial charge in [-0.3, -0.25) is 14.4 Å². The zero-order valence-corrected chi connectivity index (χ0v) is 7.40. The predicted octanol–water partition coefficient (Wildman–Crippen LogP) is -0.477. The van der Waals surface area contributed by atoms with Crippen molar-refractivity contribution < 1.29 is 23.9 Å². The van der Waals surface area contributed by atoms with Crippen LogP contribution in [0.1, 0.15) is 13.8 Å². The molecule has 0 aromatic carbocycles. The predicted molar refractivity (Wildman–Crippen MR) is 41.9 cm³/mol. The number of ketones is 2. The van der Waals surface area contributed by atoms with E-state index in [2.05, 4.69) is 4.74 Å². The molecule has 0 radical (unpaired) electrons. The molecule has 0 aliphatic rings. The highest BCUT2D eigenvalue weighted by Crippen LogP contribution is 1.99. The topological polar surface area (TPSA) is 77.5 Å². The van der Waals surface area contributed by atoms with Crippen molar-refractivity contribution in [2.24, 2.45) is 5.92 Å². The van der Waals surface area contributed by atoms with Gasteiger partial charge in [0.15, 0.2) is 6.29 Å². The molecular formula is C8H10O5. The van der Waals surface area contributed by atoms with Crippen LogP contribution in [0.15, 0.2) is 0 Å². The highest BCUT2D eigenvalue weighted by atomic mass is 16.5. The first-order chi connectivity index (χ1) is 6.04. The second-order valence-electron chi connectivity index (χ2n) is 2.33. The standard InChI is InChI=1S/C8H10O5/c1-3-13-8(12)7(11)5(2)6(10)4-9/h4-5H,3H2,1-2H3. The Bertz CT molecular complexity index is 243. The normalized spacial score (nSPS) is 11.5. The van der Waals surface area contributed by atoms with Crippen LogP contribution in [0.2, 0.25) is 0 Å². The molecule has 0 aromatic rings. The average Bonchev–Trinajstić information content (AvgIpc) is 2.14. The lowest BCUT2D eigenvalue weighted by atomic mass is 10.0. The summed E-state index contributed by atoms with van der Waals surface area (Å²) in [6.45, 7) is 2.79. The lowest BCUT2D eigenvalue weighted by Gasteiger charge is -2.03. The van der Waals surface area contributed by atoms with Crippen molar-refractivity contribution in [3.63, 3.8) is 0 Å². The zero-order valence-electron chi connectivity index (χ0n) is 7.40. The minimum absolute atomic E-state index is 0.0157. The molecule has 13 heavy (non-hydrogen) atoms. The molecule has 0 N–H and O–H groups in total. The van der Waals surface area contributed by atoms with Crippen LogP contribution in [-0.4, -0.2) is 30.4 Å². The molecular weight excluding hydrogens is 176 g/mol. The number of hydrogen-bond acceptors (Lipinski definition) is 5. The first kappa shape index (κ1) is 11.5. The van der Waals surface area contributed by atoms with E-state index in [0.29, 0.717) is 0 Å². The Morgan fingerprint density at radius 2 is 1.92 bits per heavy atom. The molecule has 1 atom stereocenters. The molecule has 0 aromatic heterocycles. The van der Waals surface area contributed by atoms with Gasteiger partial charge in [-0.15, -0.1) is 0 Å². The first-order valence-corrected chi connectivity index (χ1v) is 3.74. The highest BCUT2D eigenvalue weighted by molar-refractivity contribution is 6.44. The van der Waals surface area contributed by atoms with E-state index in [-0.39, 0.29) is 12.9 Å². The Hall–Kier alpha value is -1.52. The summed E-state index contributed by atoms with van der Waals surface area (Å²) >= 11 is 0. The van der Waals surface area contributed by atoms with Gasteiger partial charge in [0.05, 0.1) is 12.5 Å². The van der Waals surface area contributed by atoms with E-state index in [9.17, 15) is 19.2 Å². The van der Waals surface area contributed by atoms with Gasteiger partial charge in [-0.05, 0) is 13.8 Å².